The average Bonchev–Trinajstić information content (AvgIpc) is 2.09. The van der Waals surface area contributed by atoms with E-state index in [2.05, 4.69) is 46.1 Å². The lowest BCUT2D eigenvalue weighted by Gasteiger charge is -2.34. The van der Waals surface area contributed by atoms with Crippen LogP contribution in [0.15, 0.2) is 16.9 Å². The van der Waals surface area contributed by atoms with Crippen molar-refractivity contribution in [2.45, 2.75) is 32.7 Å². The Hall–Kier alpha value is -0.570. The summed E-state index contributed by atoms with van der Waals surface area (Å²) in [7, 11) is 0. The van der Waals surface area contributed by atoms with Crippen LogP contribution in [0.2, 0.25) is 0 Å². The highest BCUT2D eigenvalue weighted by Crippen LogP contribution is 2.29. The minimum atomic E-state index is 0.660. The Morgan fingerprint density at radius 1 is 1.50 bits per heavy atom. The molecule has 0 aliphatic heterocycles. The average molecular weight is 255 g/mol. The predicted octanol–water partition coefficient (Wildman–Crippen LogP) is 3.36. The minimum Gasteiger partial charge on any atom is -0.381 e. The molecule has 0 saturated heterocycles. The van der Waals surface area contributed by atoms with Crippen molar-refractivity contribution < 1.29 is 0 Å². The topological polar surface area (TPSA) is 24.9 Å². The second-order valence-electron chi connectivity index (χ2n) is 4.25. The Morgan fingerprint density at radius 2 is 2.21 bits per heavy atom. The molecule has 1 aromatic rings. The van der Waals surface area contributed by atoms with Crippen LogP contribution >= 0.6 is 15.9 Å². The Kier molecular flexibility index (Phi) is 2.77. The van der Waals surface area contributed by atoms with Gasteiger partial charge in [-0.25, -0.2) is 4.98 Å². The van der Waals surface area contributed by atoms with Crippen LogP contribution in [0.25, 0.3) is 0 Å². The number of anilines is 1. The van der Waals surface area contributed by atoms with Gasteiger partial charge in [-0.05, 0) is 53.2 Å². The zero-order valence-electron chi connectivity index (χ0n) is 8.55. The molecule has 0 bridgehead atoms. The number of rotatable bonds is 2. The molecular weight excluding hydrogens is 240 g/mol. The summed E-state index contributed by atoms with van der Waals surface area (Å²) >= 11 is 3.40. The molecule has 1 aromatic heterocycles. The summed E-state index contributed by atoms with van der Waals surface area (Å²) in [5, 5.41) is 3.49. The van der Waals surface area contributed by atoms with Gasteiger partial charge < -0.3 is 5.32 Å². The zero-order valence-corrected chi connectivity index (χ0v) is 10.1. The van der Waals surface area contributed by atoms with Gasteiger partial charge in [0.25, 0.3) is 0 Å². The zero-order chi connectivity index (χ0) is 10.1. The van der Waals surface area contributed by atoms with Crippen LogP contribution in [0.4, 0.5) is 5.69 Å². The van der Waals surface area contributed by atoms with Gasteiger partial charge in [0.15, 0.2) is 0 Å². The van der Waals surface area contributed by atoms with E-state index in [1.54, 1.807) is 0 Å². The fourth-order valence-corrected chi connectivity index (χ4v) is 2.11. The Balaban J connectivity index is 2.00. The highest BCUT2D eigenvalue weighted by molar-refractivity contribution is 9.10. The van der Waals surface area contributed by atoms with Crippen molar-refractivity contribution in [3.8, 4) is 0 Å². The summed E-state index contributed by atoms with van der Waals surface area (Å²) in [6.45, 7) is 4.36. The van der Waals surface area contributed by atoms with Crippen molar-refractivity contribution in [2.75, 3.05) is 5.32 Å². The fourth-order valence-electron chi connectivity index (χ4n) is 1.89. The van der Waals surface area contributed by atoms with Crippen LogP contribution in [-0.4, -0.2) is 11.0 Å². The van der Waals surface area contributed by atoms with Crippen molar-refractivity contribution in [3.63, 3.8) is 0 Å². The molecule has 14 heavy (non-hydrogen) atoms. The second kappa shape index (κ2) is 3.89. The molecule has 0 radical (unpaired) electrons. The summed E-state index contributed by atoms with van der Waals surface area (Å²) in [5.74, 6) is 0.886. The van der Waals surface area contributed by atoms with Gasteiger partial charge in [-0.2, -0.15) is 0 Å². The number of hydrogen-bond donors (Lipinski definition) is 1. The predicted molar refractivity (Wildman–Crippen MR) is 62.5 cm³/mol. The maximum absolute atomic E-state index is 4.26. The van der Waals surface area contributed by atoms with Crippen LogP contribution in [0.1, 0.15) is 25.3 Å². The van der Waals surface area contributed by atoms with E-state index in [0.29, 0.717) is 6.04 Å². The van der Waals surface area contributed by atoms with Gasteiger partial charge in [0, 0.05) is 6.04 Å². The van der Waals surface area contributed by atoms with Gasteiger partial charge in [-0.3, -0.25) is 0 Å². The normalized spacial score (nSPS) is 25.6. The number of hydrogen-bond acceptors (Lipinski definition) is 2. The lowest BCUT2D eigenvalue weighted by molar-refractivity contribution is 0.309. The lowest BCUT2D eigenvalue weighted by Crippen LogP contribution is -2.33. The number of halogens is 1. The molecule has 76 valence electrons. The summed E-state index contributed by atoms with van der Waals surface area (Å²) in [6.07, 6.45) is 4.46. The first-order valence-electron chi connectivity index (χ1n) is 5.04. The van der Waals surface area contributed by atoms with Gasteiger partial charge in [0.1, 0.15) is 4.60 Å². The highest BCUT2D eigenvalue weighted by Gasteiger charge is 2.24. The maximum atomic E-state index is 4.26. The molecule has 1 N–H and O–H groups in total. The Labute approximate surface area is 93.3 Å². The molecule has 3 heteroatoms. The summed E-state index contributed by atoms with van der Waals surface area (Å²) < 4.78 is 0.935. The van der Waals surface area contributed by atoms with Crippen molar-refractivity contribution in [1.82, 2.24) is 4.98 Å². The molecule has 1 saturated carbocycles. The summed E-state index contributed by atoms with van der Waals surface area (Å²) in [5.41, 5.74) is 2.32. The number of nitrogens with one attached hydrogen (secondary N) is 1. The molecule has 0 amide bonds. The molecule has 0 aromatic carbocycles. The number of aryl methyl sites for hydroxylation is 1. The van der Waals surface area contributed by atoms with Crippen LogP contribution in [0, 0.1) is 12.8 Å². The van der Waals surface area contributed by atoms with E-state index >= 15 is 0 Å². The maximum Gasteiger partial charge on any atom is 0.109 e. The van der Waals surface area contributed by atoms with Crippen molar-refractivity contribution in [2.24, 2.45) is 5.92 Å². The van der Waals surface area contributed by atoms with E-state index in [1.807, 2.05) is 6.20 Å². The molecule has 0 atom stereocenters. The highest BCUT2D eigenvalue weighted by atomic mass is 79.9. The monoisotopic (exact) mass is 254 g/mol. The van der Waals surface area contributed by atoms with E-state index in [0.717, 1.165) is 16.2 Å². The van der Waals surface area contributed by atoms with Crippen molar-refractivity contribution in [3.05, 3.63) is 22.4 Å². The van der Waals surface area contributed by atoms with E-state index in [-0.39, 0.29) is 0 Å². The quantitative estimate of drug-likeness (QED) is 0.819. The third kappa shape index (κ3) is 2.08. The van der Waals surface area contributed by atoms with Crippen molar-refractivity contribution >= 4 is 21.6 Å². The standard InChI is InChI=1S/C11H15BrN2/c1-7-3-9(4-7)14-10-5-8(2)11(12)13-6-10/h5-7,9,14H,3-4H2,1-2H3. The summed E-state index contributed by atoms with van der Waals surface area (Å²) in [4.78, 5) is 4.26. The largest absolute Gasteiger partial charge is 0.381 e. The van der Waals surface area contributed by atoms with Gasteiger partial charge in [-0.15, -0.1) is 0 Å². The van der Waals surface area contributed by atoms with Crippen LogP contribution in [0.3, 0.4) is 0 Å². The van der Waals surface area contributed by atoms with E-state index in [4.69, 9.17) is 0 Å². The van der Waals surface area contributed by atoms with Gasteiger partial charge >= 0.3 is 0 Å². The van der Waals surface area contributed by atoms with Crippen LogP contribution in [-0.2, 0) is 0 Å². The molecule has 0 spiro atoms. The van der Waals surface area contributed by atoms with Gasteiger partial charge in [-0.1, -0.05) is 6.92 Å². The SMILES string of the molecule is Cc1cc(NC2CC(C)C2)cnc1Br. The van der Waals surface area contributed by atoms with E-state index in [9.17, 15) is 0 Å². The molecule has 0 unspecified atom stereocenters. The Morgan fingerprint density at radius 3 is 2.79 bits per heavy atom. The molecular formula is C11H15BrN2. The molecule has 1 aliphatic carbocycles. The van der Waals surface area contributed by atoms with Crippen LogP contribution in [0.5, 0.6) is 0 Å². The first-order chi connectivity index (χ1) is 6.65. The second-order valence-corrected chi connectivity index (χ2v) is 5.00. The molecule has 1 fully saturated rings. The summed E-state index contributed by atoms with van der Waals surface area (Å²) in [6, 6.07) is 2.80. The number of aromatic nitrogens is 1. The molecule has 1 heterocycles. The number of pyridine rings is 1. The fraction of sp³-hybridized carbons (Fsp3) is 0.545. The Bertz CT molecular complexity index is 332. The van der Waals surface area contributed by atoms with Crippen LogP contribution < -0.4 is 5.32 Å². The minimum absolute atomic E-state index is 0.660. The third-order valence-electron chi connectivity index (χ3n) is 2.76. The molecule has 2 rings (SSSR count). The molecule has 2 nitrogen and oxygen atoms in total. The van der Waals surface area contributed by atoms with Crippen molar-refractivity contribution in [1.29, 1.82) is 0 Å². The lowest BCUT2D eigenvalue weighted by atomic mass is 9.82. The third-order valence-corrected chi connectivity index (χ3v) is 3.59. The van der Waals surface area contributed by atoms with Gasteiger partial charge in [0.05, 0.1) is 11.9 Å². The number of nitrogens with zero attached hydrogens (tertiary/aromatic N) is 1. The smallest absolute Gasteiger partial charge is 0.109 e. The van der Waals surface area contributed by atoms with E-state index < -0.39 is 0 Å². The van der Waals surface area contributed by atoms with Gasteiger partial charge in [0.2, 0.25) is 0 Å². The first-order valence-corrected chi connectivity index (χ1v) is 5.83. The molecule has 1 aliphatic rings. The first kappa shape index (κ1) is 9.97. The van der Waals surface area contributed by atoms with E-state index in [1.165, 1.54) is 18.4 Å².